The molecule has 0 saturated heterocycles. The number of aliphatic hydroxyl groups is 1. The summed E-state index contributed by atoms with van der Waals surface area (Å²) in [5.74, 6) is 0.777. The number of fused-ring (bicyclic) bond motifs is 1. The number of H-pyrrole nitrogens is 1. The second-order valence-corrected chi connectivity index (χ2v) is 7.08. The minimum Gasteiger partial charge on any atom is -0.491 e. The number of β-amino-alcohol motifs (C(OH)–C–C–N with tert-alkyl or cyclic N) is 1. The summed E-state index contributed by atoms with van der Waals surface area (Å²) in [7, 11) is 0. The molecule has 3 N–H and O–H groups in total. The summed E-state index contributed by atoms with van der Waals surface area (Å²) in [5, 5.41) is 14.9. The van der Waals surface area contributed by atoms with Crippen molar-refractivity contribution in [3.8, 4) is 5.75 Å². The molecule has 26 heavy (non-hydrogen) atoms. The molecule has 1 unspecified atom stereocenters. The van der Waals surface area contributed by atoms with Gasteiger partial charge >= 0.3 is 0 Å². The molecular formula is C21H27ClN2O2. The van der Waals surface area contributed by atoms with Crippen LogP contribution in [0.4, 0.5) is 0 Å². The van der Waals surface area contributed by atoms with Gasteiger partial charge in [0.15, 0.2) is 0 Å². The fourth-order valence-corrected chi connectivity index (χ4v) is 2.98. The van der Waals surface area contributed by atoms with E-state index < -0.39 is 6.10 Å². The van der Waals surface area contributed by atoms with Gasteiger partial charge in [-0.05, 0) is 44.0 Å². The SMILES string of the molecule is CC(C)(Cc1c[nH]c2ccccc12)NCC(O)COc1ccccc1.Cl. The van der Waals surface area contributed by atoms with Crippen molar-refractivity contribution >= 4 is 23.3 Å². The van der Waals surface area contributed by atoms with E-state index in [2.05, 4.69) is 48.5 Å². The van der Waals surface area contributed by atoms with Gasteiger partial charge in [-0.15, -0.1) is 12.4 Å². The Kier molecular flexibility index (Phi) is 7.09. The number of hydrogen-bond donors (Lipinski definition) is 3. The maximum absolute atomic E-state index is 10.2. The standard InChI is InChI=1S/C21H26N2O2.ClH/c1-21(2,12-16-13-22-20-11-7-6-10-19(16)20)23-14-17(24)15-25-18-8-4-3-5-9-18;/h3-11,13,17,22-24H,12,14-15H2,1-2H3;1H. The molecule has 0 fully saturated rings. The van der Waals surface area contributed by atoms with Crippen LogP contribution in [0.5, 0.6) is 5.75 Å². The van der Waals surface area contributed by atoms with Crippen LogP contribution in [0.1, 0.15) is 19.4 Å². The minimum absolute atomic E-state index is 0. The molecule has 3 rings (SSSR count). The third-order valence-electron chi connectivity index (χ3n) is 4.31. The molecule has 2 aromatic carbocycles. The van der Waals surface area contributed by atoms with Crippen LogP contribution in [0.25, 0.3) is 10.9 Å². The quantitative estimate of drug-likeness (QED) is 0.559. The Bertz CT molecular complexity index is 802. The zero-order valence-electron chi connectivity index (χ0n) is 15.2. The van der Waals surface area contributed by atoms with Gasteiger partial charge in [0.05, 0.1) is 0 Å². The highest BCUT2D eigenvalue weighted by Crippen LogP contribution is 2.22. The molecule has 1 aromatic heterocycles. The van der Waals surface area contributed by atoms with E-state index >= 15 is 0 Å². The van der Waals surface area contributed by atoms with E-state index in [0.29, 0.717) is 6.54 Å². The van der Waals surface area contributed by atoms with Gasteiger partial charge in [0, 0.05) is 29.2 Å². The van der Waals surface area contributed by atoms with Crippen molar-refractivity contribution < 1.29 is 9.84 Å². The summed E-state index contributed by atoms with van der Waals surface area (Å²) >= 11 is 0. The van der Waals surface area contributed by atoms with Gasteiger partial charge in [-0.3, -0.25) is 0 Å². The summed E-state index contributed by atoms with van der Waals surface area (Å²) in [5.41, 5.74) is 2.31. The molecule has 0 aliphatic heterocycles. The molecule has 0 aliphatic carbocycles. The molecule has 0 spiro atoms. The number of aromatic nitrogens is 1. The molecule has 3 aromatic rings. The number of nitrogens with one attached hydrogen (secondary N) is 2. The van der Waals surface area contributed by atoms with E-state index in [9.17, 15) is 5.11 Å². The number of benzene rings is 2. The van der Waals surface area contributed by atoms with Crippen LogP contribution >= 0.6 is 12.4 Å². The predicted octanol–water partition coefficient (Wildman–Crippen LogP) is 3.94. The number of aromatic amines is 1. The molecule has 0 bridgehead atoms. The second-order valence-electron chi connectivity index (χ2n) is 7.08. The van der Waals surface area contributed by atoms with Crippen LogP contribution in [-0.4, -0.2) is 34.9 Å². The largest absolute Gasteiger partial charge is 0.491 e. The van der Waals surface area contributed by atoms with E-state index in [-0.39, 0.29) is 24.6 Å². The highest BCUT2D eigenvalue weighted by Gasteiger charge is 2.21. The Hall–Kier alpha value is -2.01. The van der Waals surface area contributed by atoms with Gasteiger partial charge < -0.3 is 20.1 Å². The summed E-state index contributed by atoms with van der Waals surface area (Å²) in [6, 6.07) is 17.9. The van der Waals surface area contributed by atoms with Gasteiger partial charge in [0.25, 0.3) is 0 Å². The average Bonchev–Trinajstić information content (AvgIpc) is 3.02. The number of hydrogen-bond acceptors (Lipinski definition) is 3. The summed E-state index contributed by atoms with van der Waals surface area (Å²) in [6.07, 6.45) is 2.40. The predicted molar refractivity (Wildman–Crippen MR) is 109 cm³/mol. The Balaban J connectivity index is 0.00000243. The Labute approximate surface area is 161 Å². The van der Waals surface area contributed by atoms with Crippen molar-refractivity contribution in [2.75, 3.05) is 13.2 Å². The monoisotopic (exact) mass is 374 g/mol. The molecule has 1 heterocycles. The number of ether oxygens (including phenoxy) is 1. The fourth-order valence-electron chi connectivity index (χ4n) is 2.98. The molecule has 0 saturated carbocycles. The third-order valence-corrected chi connectivity index (χ3v) is 4.31. The Morgan fingerprint density at radius 1 is 1.08 bits per heavy atom. The van der Waals surface area contributed by atoms with Crippen molar-refractivity contribution in [1.29, 1.82) is 0 Å². The maximum atomic E-state index is 10.2. The highest BCUT2D eigenvalue weighted by atomic mass is 35.5. The lowest BCUT2D eigenvalue weighted by Gasteiger charge is -2.28. The number of halogens is 1. The molecule has 140 valence electrons. The van der Waals surface area contributed by atoms with Crippen LogP contribution in [0, 0.1) is 0 Å². The topological polar surface area (TPSA) is 57.3 Å². The number of para-hydroxylation sites is 2. The van der Waals surface area contributed by atoms with Gasteiger partial charge in [-0.25, -0.2) is 0 Å². The molecule has 0 aliphatic rings. The molecule has 0 radical (unpaired) electrons. The zero-order chi connectivity index (χ0) is 17.7. The first-order valence-electron chi connectivity index (χ1n) is 8.69. The Morgan fingerprint density at radius 2 is 1.77 bits per heavy atom. The summed E-state index contributed by atoms with van der Waals surface area (Å²) in [4.78, 5) is 3.32. The normalized spacial score (nSPS) is 12.6. The fraction of sp³-hybridized carbons (Fsp3) is 0.333. The third kappa shape index (κ3) is 5.49. The minimum atomic E-state index is -0.553. The lowest BCUT2D eigenvalue weighted by molar-refractivity contribution is 0.0989. The van der Waals surface area contributed by atoms with Crippen molar-refractivity contribution in [3.05, 3.63) is 66.4 Å². The molecule has 1 atom stereocenters. The van der Waals surface area contributed by atoms with Crippen molar-refractivity contribution in [2.24, 2.45) is 0 Å². The van der Waals surface area contributed by atoms with E-state index in [1.54, 1.807) is 0 Å². The molecule has 5 heteroatoms. The van der Waals surface area contributed by atoms with Crippen molar-refractivity contribution in [1.82, 2.24) is 10.3 Å². The summed E-state index contributed by atoms with van der Waals surface area (Å²) in [6.45, 7) is 5.07. The molecular weight excluding hydrogens is 348 g/mol. The second kappa shape index (κ2) is 9.08. The van der Waals surface area contributed by atoms with Crippen LogP contribution in [0.15, 0.2) is 60.8 Å². The van der Waals surface area contributed by atoms with Crippen LogP contribution in [0.3, 0.4) is 0 Å². The lowest BCUT2D eigenvalue weighted by atomic mass is 9.94. The molecule has 0 amide bonds. The number of aliphatic hydroxyl groups excluding tert-OH is 1. The van der Waals surface area contributed by atoms with E-state index in [0.717, 1.165) is 17.7 Å². The molecule has 4 nitrogen and oxygen atoms in total. The van der Waals surface area contributed by atoms with Crippen molar-refractivity contribution in [3.63, 3.8) is 0 Å². The Morgan fingerprint density at radius 3 is 2.54 bits per heavy atom. The van der Waals surface area contributed by atoms with Gasteiger partial charge in [-0.2, -0.15) is 0 Å². The van der Waals surface area contributed by atoms with Gasteiger partial charge in [0.1, 0.15) is 18.5 Å². The first-order valence-corrected chi connectivity index (χ1v) is 8.69. The number of rotatable bonds is 8. The first kappa shape index (κ1) is 20.3. The van der Waals surface area contributed by atoms with E-state index in [1.165, 1.54) is 10.9 Å². The van der Waals surface area contributed by atoms with Gasteiger partial charge in [0.2, 0.25) is 0 Å². The average molecular weight is 375 g/mol. The van der Waals surface area contributed by atoms with Gasteiger partial charge in [-0.1, -0.05) is 36.4 Å². The van der Waals surface area contributed by atoms with Crippen LogP contribution < -0.4 is 10.1 Å². The lowest BCUT2D eigenvalue weighted by Crippen LogP contribution is -2.46. The van der Waals surface area contributed by atoms with Crippen LogP contribution in [-0.2, 0) is 6.42 Å². The van der Waals surface area contributed by atoms with Crippen molar-refractivity contribution in [2.45, 2.75) is 31.9 Å². The van der Waals surface area contributed by atoms with E-state index in [1.807, 2.05) is 36.4 Å². The maximum Gasteiger partial charge on any atom is 0.119 e. The first-order chi connectivity index (χ1) is 12.0. The smallest absolute Gasteiger partial charge is 0.119 e. The van der Waals surface area contributed by atoms with Crippen LogP contribution in [0.2, 0.25) is 0 Å². The van der Waals surface area contributed by atoms with E-state index in [4.69, 9.17) is 4.74 Å². The zero-order valence-corrected chi connectivity index (χ0v) is 16.1. The summed E-state index contributed by atoms with van der Waals surface area (Å²) < 4.78 is 5.60. The highest BCUT2D eigenvalue weighted by molar-refractivity contribution is 5.85.